The van der Waals surface area contributed by atoms with Gasteiger partial charge in [-0.05, 0) is 6.42 Å². The molecule has 0 unspecified atom stereocenters. The highest BCUT2D eigenvalue weighted by atomic mass is 35.5. The average molecular weight is 272 g/mol. The molecule has 2 rings (SSSR count). The van der Waals surface area contributed by atoms with Crippen LogP contribution >= 0.6 is 22.9 Å². The van der Waals surface area contributed by atoms with Gasteiger partial charge in [-0.1, -0.05) is 0 Å². The largest absolute Gasteiger partial charge is 0.327 e. The van der Waals surface area contributed by atoms with E-state index in [-0.39, 0.29) is 5.69 Å². The van der Waals surface area contributed by atoms with E-state index >= 15 is 0 Å². The summed E-state index contributed by atoms with van der Waals surface area (Å²) >= 11 is 7.32. The fourth-order valence-electron chi connectivity index (χ4n) is 1.61. The summed E-state index contributed by atoms with van der Waals surface area (Å²) in [7, 11) is 1.76. The Labute approximate surface area is 108 Å². The van der Waals surface area contributed by atoms with E-state index in [1.807, 2.05) is 11.6 Å². The van der Waals surface area contributed by atoms with E-state index in [0.29, 0.717) is 5.88 Å². The van der Waals surface area contributed by atoms with Crippen LogP contribution in [0.1, 0.15) is 17.1 Å². The molecule has 0 aliphatic heterocycles. The molecule has 0 saturated carbocycles. The Morgan fingerprint density at radius 1 is 1.47 bits per heavy atom. The number of alkyl halides is 1. The van der Waals surface area contributed by atoms with Gasteiger partial charge in [0.25, 0.3) is 0 Å². The highest BCUT2D eigenvalue weighted by molar-refractivity contribution is 7.09. The van der Waals surface area contributed by atoms with Gasteiger partial charge in [0.05, 0.1) is 16.6 Å². The van der Waals surface area contributed by atoms with E-state index < -0.39 is 0 Å². The normalized spacial score (nSPS) is 10.9. The molecule has 2 heterocycles. The monoisotopic (exact) mass is 271 g/mol. The Hall–Kier alpha value is -1.07. The lowest BCUT2D eigenvalue weighted by Crippen LogP contribution is -2.22. The van der Waals surface area contributed by atoms with Gasteiger partial charge in [-0.25, -0.2) is 9.78 Å². The van der Waals surface area contributed by atoms with Gasteiger partial charge >= 0.3 is 5.69 Å². The lowest BCUT2D eigenvalue weighted by atomic mass is 10.3. The topological polar surface area (TPSA) is 39.8 Å². The first-order chi connectivity index (χ1) is 8.20. The van der Waals surface area contributed by atoms with Crippen LogP contribution in [-0.4, -0.2) is 14.1 Å². The SMILES string of the molecule is Cn1ccn(CCCc2nc(CCl)cs2)c1=O. The molecule has 0 spiro atoms. The zero-order chi connectivity index (χ0) is 12.3. The lowest BCUT2D eigenvalue weighted by molar-refractivity contribution is 0.609. The first-order valence-corrected chi connectivity index (χ1v) is 6.83. The molecular weight excluding hydrogens is 258 g/mol. The number of hydrogen-bond donors (Lipinski definition) is 0. The third kappa shape index (κ3) is 2.98. The molecule has 0 aliphatic rings. The van der Waals surface area contributed by atoms with Crippen molar-refractivity contribution in [2.75, 3.05) is 0 Å². The summed E-state index contributed by atoms with van der Waals surface area (Å²) < 4.78 is 3.30. The molecule has 2 aromatic rings. The Balaban J connectivity index is 1.87. The van der Waals surface area contributed by atoms with Crippen LogP contribution in [0.2, 0.25) is 0 Å². The second kappa shape index (κ2) is 5.51. The Kier molecular flexibility index (Phi) is 4.02. The standard InChI is InChI=1S/C11H14ClN3OS/c1-14-5-6-15(11(14)16)4-2-3-10-13-9(7-12)8-17-10/h5-6,8H,2-4,7H2,1H3. The van der Waals surface area contributed by atoms with Crippen molar-refractivity contribution in [3.05, 3.63) is 39.0 Å². The molecule has 0 bridgehead atoms. The van der Waals surface area contributed by atoms with Crippen molar-refractivity contribution in [3.8, 4) is 0 Å². The molecule has 0 radical (unpaired) electrons. The number of hydrogen-bond acceptors (Lipinski definition) is 3. The van der Waals surface area contributed by atoms with Gasteiger partial charge in [0.15, 0.2) is 0 Å². The number of nitrogens with zero attached hydrogens (tertiary/aromatic N) is 3. The minimum Gasteiger partial charge on any atom is -0.302 e. The zero-order valence-electron chi connectivity index (χ0n) is 9.60. The van der Waals surface area contributed by atoms with E-state index in [1.165, 1.54) is 0 Å². The van der Waals surface area contributed by atoms with Crippen molar-refractivity contribution in [1.29, 1.82) is 0 Å². The molecule has 0 aromatic carbocycles. The third-order valence-corrected chi connectivity index (χ3v) is 3.77. The van der Waals surface area contributed by atoms with Crippen molar-refractivity contribution in [3.63, 3.8) is 0 Å². The number of aromatic nitrogens is 3. The van der Waals surface area contributed by atoms with Gasteiger partial charge in [0, 0.05) is 37.8 Å². The summed E-state index contributed by atoms with van der Waals surface area (Å²) in [6.07, 6.45) is 5.40. The fraction of sp³-hybridized carbons (Fsp3) is 0.455. The molecule has 0 N–H and O–H groups in total. The Bertz CT molecular complexity index is 543. The third-order valence-electron chi connectivity index (χ3n) is 2.54. The minimum absolute atomic E-state index is 0.0329. The Morgan fingerprint density at radius 2 is 2.29 bits per heavy atom. The van der Waals surface area contributed by atoms with Crippen molar-refractivity contribution >= 4 is 22.9 Å². The molecule has 0 atom stereocenters. The number of rotatable bonds is 5. The molecule has 0 fully saturated rings. The van der Waals surface area contributed by atoms with Crippen LogP contribution in [0.3, 0.4) is 0 Å². The van der Waals surface area contributed by atoms with Crippen LogP contribution in [0.25, 0.3) is 0 Å². The van der Waals surface area contributed by atoms with Gasteiger partial charge in [-0.15, -0.1) is 22.9 Å². The first-order valence-electron chi connectivity index (χ1n) is 5.41. The van der Waals surface area contributed by atoms with Gasteiger partial charge in [-0.2, -0.15) is 0 Å². The summed E-state index contributed by atoms with van der Waals surface area (Å²) in [5, 5.41) is 3.07. The van der Waals surface area contributed by atoms with Gasteiger partial charge in [0.2, 0.25) is 0 Å². The van der Waals surface area contributed by atoms with E-state index in [0.717, 1.165) is 30.1 Å². The molecule has 6 heteroatoms. The maximum absolute atomic E-state index is 11.6. The van der Waals surface area contributed by atoms with Gasteiger partial charge < -0.3 is 4.57 Å². The Morgan fingerprint density at radius 3 is 2.88 bits per heavy atom. The molecule has 92 valence electrons. The highest BCUT2D eigenvalue weighted by Crippen LogP contribution is 2.13. The van der Waals surface area contributed by atoms with E-state index in [2.05, 4.69) is 4.98 Å². The van der Waals surface area contributed by atoms with Crippen molar-refractivity contribution in [1.82, 2.24) is 14.1 Å². The molecule has 0 saturated heterocycles. The van der Waals surface area contributed by atoms with Crippen LogP contribution in [0.15, 0.2) is 22.6 Å². The maximum atomic E-state index is 11.6. The molecule has 17 heavy (non-hydrogen) atoms. The minimum atomic E-state index is 0.0329. The molecular formula is C11H14ClN3OS. The molecule has 4 nitrogen and oxygen atoms in total. The van der Waals surface area contributed by atoms with E-state index in [1.54, 1.807) is 33.7 Å². The highest BCUT2D eigenvalue weighted by Gasteiger charge is 2.03. The predicted molar refractivity (Wildman–Crippen MR) is 69.7 cm³/mol. The summed E-state index contributed by atoms with van der Waals surface area (Å²) in [6.45, 7) is 0.732. The van der Waals surface area contributed by atoms with E-state index in [9.17, 15) is 4.79 Å². The quantitative estimate of drug-likeness (QED) is 0.781. The number of halogens is 1. The summed E-state index contributed by atoms with van der Waals surface area (Å²) in [5.41, 5.74) is 0.967. The fourth-order valence-corrected chi connectivity index (χ4v) is 2.68. The van der Waals surface area contributed by atoms with Crippen LogP contribution < -0.4 is 5.69 Å². The molecule has 0 amide bonds. The van der Waals surface area contributed by atoms with E-state index in [4.69, 9.17) is 11.6 Å². The van der Waals surface area contributed by atoms with Crippen LogP contribution in [0, 0.1) is 0 Å². The summed E-state index contributed by atoms with van der Waals surface area (Å²) in [4.78, 5) is 15.9. The number of imidazole rings is 1. The summed E-state index contributed by atoms with van der Waals surface area (Å²) in [6, 6.07) is 0. The smallest absolute Gasteiger partial charge is 0.302 e. The van der Waals surface area contributed by atoms with Gasteiger partial charge in [-0.3, -0.25) is 4.57 Å². The van der Waals surface area contributed by atoms with Crippen LogP contribution in [0.5, 0.6) is 0 Å². The lowest BCUT2D eigenvalue weighted by Gasteiger charge is -1.99. The molecule has 2 aromatic heterocycles. The van der Waals surface area contributed by atoms with Crippen LogP contribution in [0.4, 0.5) is 0 Å². The number of thiazole rings is 1. The zero-order valence-corrected chi connectivity index (χ0v) is 11.2. The maximum Gasteiger partial charge on any atom is 0.327 e. The van der Waals surface area contributed by atoms with Crippen LogP contribution in [-0.2, 0) is 25.9 Å². The van der Waals surface area contributed by atoms with Gasteiger partial charge in [0.1, 0.15) is 0 Å². The second-order valence-electron chi connectivity index (χ2n) is 3.85. The van der Waals surface area contributed by atoms with Crippen molar-refractivity contribution in [2.45, 2.75) is 25.3 Å². The summed E-state index contributed by atoms with van der Waals surface area (Å²) in [5.74, 6) is 0.467. The second-order valence-corrected chi connectivity index (χ2v) is 5.06. The molecule has 0 aliphatic carbocycles. The van der Waals surface area contributed by atoms with Crippen molar-refractivity contribution in [2.24, 2.45) is 7.05 Å². The average Bonchev–Trinajstić information content (AvgIpc) is 2.90. The number of aryl methyl sites for hydroxylation is 3. The predicted octanol–water partition coefficient (Wildman–Crippen LogP) is 2.01. The van der Waals surface area contributed by atoms with Crippen molar-refractivity contribution < 1.29 is 0 Å². The first kappa shape index (κ1) is 12.4.